The van der Waals surface area contributed by atoms with Gasteiger partial charge in [-0.3, -0.25) is 10.1 Å². The number of halogens is 1. The quantitative estimate of drug-likeness (QED) is 0.879. The zero-order valence-electron chi connectivity index (χ0n) is 7.65. The molecular weight excluding hydrogens is 238 g/mol. The zero-order chi connectivity index (χ0) is 10.8. The molecule has 0 aliphatic carbocycles. The lowest BCUT2D eigenvalue weighted by Crippen LogP contribution is -2.11. The first-order valence-electron chi connectivity index (χ1n) is 4.01. The third kappa shape index (κ3) is 2.16. The monoisotopic (exact) mass is 243 g/mol. The maximum atomic E-state index is 11.6. The van der Waals surface area contributed by atoms with Crippen molar-refractivity contribution in [3.05, 3.63) is 28.1 Å². The van der Waals surface area contributed by atoms with Crippen molar-refractivity contribution >= 4 is 34.0 Å². The Morgan fingerprint density at radius 1 is 1.60 bits per heavy atom. The van der Waals surface area contributed by atoms with Crippen LogP contribution in [0.5, 0.6) is 0 Å². The molecule has 0 aromatic carbocycles. The van der Waals surface area contributed by atoms with Crippen molar-refractivity contribution in [2.75, 3.05) is 5.32 Å². The van der Waals surface area contributed by atoms with Gasteiger partial charge in [-0.15, -0.1) is 10.2 Å². The number of rotatable bonds is 2. The minimum Gasteiger partial charge on any atom is -0.452 e. The molecule has 2 aromatic rings. The van der Waals surface area contributed by atoms with E-state index in [0.29, 0.717) is 5.13 Å². The van der Waals surface area contributed by atoms with Crippen molar-refractivity contribution in [1.29, 1.82) is 0 Å². The van der Waals surface area contributed by atoms with Crippen LogP contribution in [-0.2, 0) is 0 Å². The fourth-order valence-corrected chi connectivity index (χ4v) is 1.75. The van der Waals surface area contributed by atoms with Crippen molar-refractivity contribution in [3.63, 3.8) is 0 Å². The molecular formula is C8H6ClN3O2S. The average molecular weight is 244 g/mol. The summed E-state index contributed by atoms with van der Waals surface area (Å²) in [6.07, 6.45) is 1.35. The molecule has 0 fully saturated rings. The van der Waals surface area contributed by atoms with Gasteiger partial charge in [-0.05, 0) is 24.6 Å². The van der Waals surface area contributed by atoms with Gasteiger partial charge in [-0.1, -0.05) is 11.3 Å². The Kier molecular flexibility index (Phi) is 2.70. The smallest absolute Gasteiger partial charge is 0.262 e. The topological polar surface area (TPSA) is 68.0 Å². The number of nitrogens with zero attached hydrogens (tertiary/aromatic N) is 2. The van der Waals surface area contributed by atoms with E-state index in [-0.39, 0.29) is 16.7 Å². The second-order valence-corrected chi connectivity index (χ2v) is 4.21. The molecule has 0 bridgehead atoms. The number of aryl methyl sites for hydroxylation is 1. The van der Waals surface area contributed by atoms with E-state index in [2.05, 4.69) is 15.5 Å². The number of anilines is 1. The molecule has 2 aromatic heterocycles. The van der Waals surface area contributed by atoms with Gasteiger partial charge in [0.05, 0.1) is 11.8 Å². The molecule has 7 heteroatoms. The van der Waals surface area contributed by atoms with Crippen molar-refractivity contribution < 1.29 is 9.21 Å². The van der Waals surface area contributed by atoms with Crippen molar-refractivity contribution in [1.82, 2.24) is 10.2 Å². The minimum absolute atomic E-state index is 0.0636. The van der Waals surface area contributed by atoms with E-state index in [9.17, 15) is 4.79 Å². The number of hydrogen-bond donors (Lipinski definition) is 1. The largest absolute Gasteiger partial charge is 0.452 e. The van der Waals surface area contributed by atoms with E-state index in [1.807, 2.05) is 0 Å². The van der Waals surface area contributed by atoms with Crippen LogP contribution in [0.4, 0.5) is 5.13 Å². The van der Waals surface area contributed by atoms with E-state index >= 15 is 0 Å². The van der Waals surface area contributed by atoms with Crippen LogP contribution in [0.1, 0.15) is 15.4 Å². The molecule has 2 rings (SSSR count). The van der Waals surface area contributed by atoms with Crippen LogP contribution in [0.2, 0.25) is 5.22 Å². The Balaban J connectivity index is 2.14. The molecule has 1 amide bonds. The van der Waals surface area contributed by atoms with Crippen LogP contribution in [0.25, 0.3) is 0 Å². The molecule has 78 valence electrons. The zero-order valence-corrected chi connectivity index (χ0v) is 9.22. The van der Waals surface area contributed by atoms with E-state index < -0.39 is 0 Å². The summed E-state index contributed by atoms with van der Waals surface area (Å²) in [5, 5.41) is 11.4. The Bertz CT molecular complexity index is 494. The van der Waals surface area contributed by atoms with Crippen LogP contribution in [0.3, 0.4) is 0 Å². The molecule has 0 spiro atoms. The Morgan fingerprint density at radius 3 is 2.93 bits per heavy atom. The van der Waals surface area contributed by atoms with Gasteiger partial charge in [0.25, 0.3) is 5.91 Å². The summed E-state index contributed by atoms with van der Waals surface area (Å²) in [5.74, 6) is -0.357. The number of nitrogens with one attached hydrogen (secondary N) is 1. The minimum atomic E-state index is -0.357. The van der Waals surface area contributed by atoms with E-state index in [1.165, 1.54) is 23.7 Å². The molecule has 0 aliphatic heterocycles. The summed E-state index contributed by atoms with van der Waals surface area (Å²) < 4.78 is 4.80. The molecule has 0 saturated carbocycles. The van der Waals surface area contributed by atoms with Gasteiger partial charge in [-0.2, -0.15) is 0 Å². The number of furan rings is 1. The van der Waals surface area contributed by atoms with Crippen LogP contribution in [0.15, 0.2) is 16.7 Å². The molecule has 0 atom stereocenters. The molecule has 0 radical (unpaired) electrons. The standard InChI is InChI=1S/C8H6ClN3O2S/c1-4-11-12-8(15-4)10-7(13)5-2-3-14-6(5)9/h2-3H,1H3,(H,10,12,13). The lowest BCUT2D eigenvalue weighted by molar-refractivity contribution is 0.102. The third-order valence-corrected chi connectivity index (χ3v) is 2.66. The van der Waals surface area contributed by atoms with Gasteiger partial charge in [0.15, 0.2) is 0 Å². The Hall–Kier alpha value is -1.40. The first-order valence-corrected chi connectivity index (χ1v) is 5.20. The lowest BCUT2D eigenvalue weighted by atomic mass is 10.3. The van der Waals surface area contributed by atoms with E-state index in [4.69, 9.17) is 16.0 Å². The van der Waals surface area contributed by atoms with E-state index in [1.54, 1.807) is 6.92 Å². The molecule has 0 saturated heterocycles. The molecule has 0 unspecified atom stereocenters. The first kappa shape index (κ1) is 10.1. The maximum Gasteiger partial charge on any atom is 0.262 e. The highest BCUT2D eigenvalue weighted by atomic mass is 35.5. The van der Waals surface area contributed by atoms with Crippen molar-refractivity contribution in [3.8, 4) is 0 Å². The number of carbonyl (C=O) groups excluding carboxylic acids is 1. The number of carbonyl (C=O) groups is 1. The Morgan fingerprint density at radius 2 is 2.40 bits per heavy atom. The normalized spacial score (nSPS) is 10.3. The molecule has 1 N–H and O–H groups in total. The van der Waals surface area contributed by atoms with Crippen LogP contribution in [0, 0.1) is 6.92 Å². The highest BCUT2D eigenvalue weighted by Crippen LogP contribution is 2.19. The van der Waals surface area contributed by atoms with Gasteiger partial charge in [-0.25, -0.2) is 0 Å². The first-order chi connectivity index (χ1) is 7.16. The molecule has 2 heterocycles. The number of amides is 1. The van der Waals surface area contributed by atoms with Crippen molar-refractivity contribution in [2.45, 2.75) is 6.92 Å². The predicted molar refractivity (Wildman–Crippen MR) is 56.3 cm³/mol. The van der Waals surface area contributed by atoms with Gasteiger partial charge < -0.3 is 4.42 Å². The fourth-order valence-electron chi connectivity index (χ4n) is 0.967. The SMILES string of the molecule is Cc1nnc(NC(=O)c2ccoc2Cl)s1. The highest BCUT2D eigenvalue weighted by Gasteiger charge is 2.14. The summed E-state index contributed by atoms with van der Waals surface area (Å²) in [4.78, 5) is 11.6. The van der Waals surface area contributed by atoms with Gasteiger partial charge in [0.1, 0.15) is 5.01 Å². The average Bonchev–Trinajstić information content (AvgIpc) is 2.75. The second kappa shape index (κ2) is 4.00. The van der Waals surface area contributed by atoms with Gasteiger partial charge in [0.2, 0.25) is 10.4 Å². The van der Waals surface area contributed by atoms with Gasteiger partial charge in [0, 0.05) is 0 Å². The summed E-state index contributed by atoms with van der Waals surface area (Å²) in [6, 6.07) is 1.49. The predicted octanol–water partition coefficient (Wildman–Crippen LogP) is 2.35. The van der Waals surface area contributed by atoms with Crippen LogP contribution < -0.4 is 5.32 Å². The van der Waals surface area contributed by atoms with Crippen LogP contribution >= 0.6 is 22.9 Å². The Labute approximate surface area is 94.1 Å². The van der Waals surface area contributed by atoms with Crippen LogP contribution in [-0.4, -0.2) is 16.1 Å². The lowest BCUT2D eigenvalue weighted by Gasteiger charge is -1.96. The molecule has 15 heavy (non-hydrogen) atoms. The summed E-state index contributed by atoms with van der Waals surface area (Å²) >= 11 is 6.94. The molecule has 0 aliphatic rings. The summed E-state index contributed by atoms with van der Waals surface area (Å²) in [7, 11) is 0. The van der Waals surface area contributed by atoms with Crippen molar-refractivity contribution in [2.24, 2.45) is 0 Å². The maximum absolute atomic E-state index is 11.6. The third-order valence-electron chi connectivity index (χ3n) is 1.61. The molecule has 5 nitrogen and oxygen atoms in total. The highest BCUT2D eigenvalue weighted by molar-refractivity contribution is 7.15. The van der Waals surface area contributed by atoms with E-state index in [0.717, 1.165) is 5.01 Å². The number of hydrogen-bond acceptors (Lipinski definition) is 5. The summed E-state index contributed by atoms with van der Waals surface area (Å²) in [6.45, 7) is 1.80. The fraction of sp³-hybridized carbons (Fsp3) is 0.125. The van der Waals surface area contributed by atoms with Gasteiger partial charge >= 0.3 is 0 Å². The summed E-state index contributed by atoms with van der Waals surface area (Å²) in [5.41, 5.74) is 0.282. The number of aromatic nitrogens is 2. The second-order valence-electron chi connectivity index (χ2n) is 2.69.